The van der Waals surface area contributed by atoms with Crippen LogP contribution in [0.15, 0.2) is 42.7 Å². The predicted molar refractivity (Wildman–Crippen MR) is 105 cm³/mol. The molecule has 2 amide bonds. The zero-order chi connectivity index (χ0) is 21.1. The first kappa shape index (κ1) is 20.2. The van der Waals surface area contributed by atoms with Crippen LogP contribution in [0, 0.1) is 18.6 Å². The van der Waals surface area contributed by atoms with E-state index in [0.717, 1.165) is 12.1 Å². The Labute approximate surface area is 168 Å². The van der Waals surface area contributed by atoms with E-state index >= 15 is 0 Å². The number of amides is 2. The number of aromatic nitrogens is 2. The van der Waals surface area contributed by atoms with Crippen LogP contribution in [0.1, 0.15) is 26.3 Å². The van der Waals surface area contributed by atoms with E-state index < -0.39 is 29.0 Å². The highest BCUT2D eigenvalue weighted by atomic mass is 35.5. The van der Waals surface area contributed by atoms with Gasteiger partial charge in [0.15, 0.2) is 5.82 Å². The number of benzene rings is 2. The summed E-state index contributed by atoms with van der Waals surface area (Å²) < 4.78 is 27.9. The summed E-state index contributed by atoms with van der Waals surface area (Å²) in [5.74, 6) is -3.70. The molecule has 2 aromatic carbocycles. The van der Waals surface area contributed by atoms with Crippen LogP contribution in [0.5, 0.6) is 0 Å². The van der Waals surface area contributed by atoms with Crippen molar-refractivity contribution in [1.29, 1.82) is 0 Å². The van der Waals surface area contributed by atoms with Gasteiger partial charge in [0.1, 0.15) is 11.4 Å². The number of carbonyl (C=O) groups excluding carboxylic acids is 2. The lowest BCUT2D eigenvalue weighted by Crippen LogP contribution is -2.18. The molecule has 10 heteroatoms. The van der Waals surface area contributed by atoms with Gasteiger partial charge in [-0.2, -0.15) is 0 Å². The van der Waals surface area contributed by atoms with Gasteiger partial charge in [0.25, 0.3) is 11.8 Å². The Kier molecular flexibility index (Phi) is 5.69. The molecule has 7 nitrogen and oxygen atoms in total. The highest BCUT2D eigenvalue weighted by Crippen LogP contribution is 2.23. The van der Waals surface area contributed by atoms with Crippen molar-refractivity contribution in [3.63, 3.8) is 0 Å². The lowest BCUT2D eigenvalue weighted by molar-refractivity contribution is 0.101. The summed E-state index contributed by atoms with van der Waals surface area (Å²) in [6.07, 6.45) is 2.68. The minimum Gasteiger partial charge on any atom is -0.368 e. The van der Waals surface area contributed by atoms with Gasteiger partial charge in [-0.1, -0.05) is 17.7 Å². The van der Waals surface area contributed by atoms with Crippen molar-refractivity contribution in [1.82, 2.24) is 9.97 Å². The molecule has 1 heterocycles. The van der Waals surface area contributed by atoms with E-state index in [0.29, 0.717) is 11.3 Å². The van der Waals surface area contributed by atoms with E-state index in [9.17, 15) is 18.4 Å². The van der Waals surface area contributed by atoms with Crippen molar-refractivity contribution >= 4 is 40.7 Å². The molecular formula is C19H14ClF2N5O2. The molecule has 148 valence electrons. The van der Waals surface area contributed by atoms with Crippen LogP contribution in [-0.4, -0.2) is 21.8 Å². The second-order valence-corrected chi connectivity index (χ2v) is 6.39. The predicted octanol–water partition coefficient (Wildman–Crippen LogP) is 3.80. The number of halogens is 3. The number of hydrogen-bond acceptors (Lipinski definition) is 5. The van der Waals surface area contributed by atoms with Gasteiger partial charge in [-0.05, 0) is 36.8 Å². The summed E-state index contributed by atoms with van der Waals surface area (Å²) in [5.41, 5.74) is 5.91. The number of nitrogens with two attached hydrogens (primary N) is 1. The Bertz CT molecular complexity index is 1110. The van der Waals surface area contributed by atoms with Crippen LogP contribution in [0.25, 0.3) is 0 Å². The average molecular weight is 418 g/mol. The third-order valence-electron chi connectivity index (χ3n) is 3.94. The summed E-state index contributed by atoms with van der Waals surface area (Å²) in [5, 5.41) is 4.57. The fraction of sp³-hybridized carbons (Fsp3) is 0.0526. The van der Waals surface area contributed by atoms with Crippen LogP contribution in [0.2, 0.25) is 5.02 Å². The van der Waals surface area contributed by atoms with E-state index in [1.54, 1.807) is 13.0 Å². The first-order chi connectivity index (χ1) is 13.8. The van der Waals surface area contributed by atoms with Gasteiger partial charge in [0.2, 0.25) is 5.95 Å². The molecule has 29 heavy (non-hydrogen) atoms. The second kappa shape index (κ2) is 8.19. The molecule has 0 atom stereocenters. The quantitative estimate of drug-likeness (QED) is 0.559. The number of hydrogen-bond donors (Lipinski definition) is 3. The van der Waals surface area contributed by atoms with Crippen molar-refractivity contribution in [2.75, 3.05) is 16.4 Å². The third-order valence-corrected chi connectivity index (χ3v) is 4.23. The van der Waals surface area contributed by atoms with Gasteiger partial charge in [-0.15, -0.1) is 0 Å². The fourth-order valence-electron chi connectivity index (χ4n) is 2.47. The number of nitrogens with one attached hydrogen (secondary N) is 2. The van der Waals surface area contributed by atoms with Gasteiger partial charge >= 0.3 is 0 Å². The SMILES string of the molecule is Cc1ccc(NC(=O)c2c(F)ccc(Cl)c2F)cc1C(=O)Nc1cnc(N)nc1. The van der Waals surface area contributed by atoms with Crippen molar-refractivity contribution < 1.29 is 18.4 Å². The molecule has 4 N–H and O–H groups in total. The van der Waals surface area contributed by atoms with Crippen LogP contribution in [-0.2, 0) is 0 Å². The molecule has 0 radical (unpaired) electrons. The van der Waals surface area contributed by atoms with Gasteiger partial charge in [-0.25, -0.2) is 18.7 Å². The average Bonchev–Trinajstić information content (AvgIpc) is 2.68. The minimum absolute atomic E-state index is 0.0596. The topological polar surface area (TPSA) is 110 Å². The van der Waals surface area contributed by atoms with Crippen molar-refractivity contribution in [2.45, 2.75) is 6.92 Å². The van der Waals surface area contributed by atoms with Crippen LogP contribution < -0.4 is 16.4 Å². The minimum atomic E-state index is -1.17. The highest BCUT2D eigenvalue weighted by Gasteiger charge is 2.21. The standard InChI is InChI=1S/C19H14ClF2N5O2/c1-9-2-3-10(26-18(29)15-14(21)5-4-13(20)16(15)22)6-12(9)17(28)27-11-7-24-19(23)25-8-11/h2-8H,1H3,(H,26,29)(H,27,28)(H2,23,24,25). The van der Waals surface area contributed by atoms with Crippen molar-refractivity contribution in [3.8, 4) is 0 Å². The van der Waals surface area contributed by atoms with Crippen LogP contribution >= 0.6 is 11.6 Å². The van der Waals surface area contributed by atoms with Gasteiger partial charge in [0, 0.05) is 11.3 Å². The first-order valence-electron chi connectivity index (χ1n) is 8.20. The van der Waals surface area contributed by atoms with E-state index in [4.69, 9.17) is 17.3 Å². The first-order valence-corrected chi connectivity index (χ1v) is 8.58. The number of anilines is 3. The molecule has 1 aromatic heterocycles. The Balaban J connectivity index is 1.84. The van der Waals surface area contributed by atoms with Crippen LogP contribution in [0.3, 0.4) is 0 Å². The molecule has 0 fully saturated rings. The van der Waals surface area contributed by atoms with Crippen molar-refractivity contribution in [3.05, 3.63) is 76.1 Å². The number of carbonyl (C=O) groups is 2. The van der Waals surface area contributed by atoms with E-state index in [-0.39, 0.29) is 22.2 Å². The number of nitrogen functional groups attached to an aromatic ring is 1. The largest absolute Gasteiger partial charge is 0.368 e. The summed E-state index contributed by atoms with van der Waals surface area (Å²) in [6.45, 7) is 1.69. The van der Waals surface area contributed by atoms with Gasteiger partial charge in [-0.3, -0.25) is 9.59 Å². The molecule has 3 rings (SSSR count). The normalized spacial score (nSPS) is 10.5. The van der Waals surface area contributed by atoms with Crippen molar-refractivity contribution in [2.24, 2.45) is 0 Å². The molecular weight excluding hydrogens is 404 g/mol. The maximum atomic E-state index is 14.0. The van der Waals surface area contributed by atoms with Gasteiger partial charge in [0.05, 0.1) is 23.1 Å². The molecule has 3 aromatic rings. The Morgan fingerprint density at radius 1 is 1.00 bits per heavy atom. The Morgan fingerprint density at radius 2 is 1.66 bits per heavy atom. The third kappa shape index (κ3) is 4.46. The summed E-state index contributed by atoms with van der Waals surface area (Å²) in [4.78, 5) is 32.4. The zero-order valence-electron chi connectivity index (χ0n) is 15.0. The van der Waals surface area contributed by atoms with E-state index in [1.165, 1.54) is 24.5 Å². The zero-order valence-corrected chi connectivity index (χ0v) is 15.7. The maximum absolute atomic E-state index is 14.0. The Morgan fingerprint density at radius 3 is 2.34 bits per heavy atom. The van der Waals surface area contributed by atoms with Crippen LogP contribution in [0.4, 0.5) is 26.1 Å². The highest BCUT2D eigenvalue weighted by molar-refractivity contribution is 6.31. The number of nitrogens with zero attached hydrogens (tertiary/aromatic N) is 2. The summed E-state index contributed by atoms with van der Waals surface area (Å²) in [7, 11) is 0. The number of aryl methyl sites for hydroxylation is 1. The van der Waals surface area contributed by atoms with Gasteiger partial charge < -0.3 is 16.4 Å². The maximum Gasteiger partial charge on any atom is 0.261 e. The van der Waals surface area contributed by atoms with E-state index in [2.05, 4.69) is 20.6 Å². The summed E-state index contributed by atoms with van der Waals surface area (Å²) in [6, 6.07) is 6.35. The molecule has 0 aliphatic rings. The molecule has 0 aliphatic heterocycles. The van der Waals surface area contributed by atoms with E-state index in [1.807, 2.05) is 0 Å². The number of rotatable bonds is 4. The monoisotopic (exact) mass is 417 g/mol. The second-order valence-electron chi connectivity index (χ2n) is 5.99. The Hall–Kier alpha value is -3.59. The molecule has 0 aliphatic carbocycles. The molecule has 0 spiro atoms. The lowest BCUT2D eigenvalue weighted by Gasteiger charge is -2.12. The molecule has 0 unspecified atom stereocenters. The lowest BCUT2D eigenvalue weighted by atomic mass is 10.1. The fourth-order valence-corrected chi connectivity index (χ4v) is 2.63. The summed E-state index contributed by atoms with van der Waals surface area (Å²) >= 11 is 5.61. The molecule has 0 saturated carbocycles. The molecule has 0 saturated heterocycles. The smallest absolute Gasteiger partial charge is 0.261 e. The molecule has 0 bridgehead atoms.